The second-order valence-electron chi connectivity index (χ2n) is 4.25. The summed E-state index contributed by atoms with van der Waals surface area (Å²) in [5, 5.41) is 10.4. The molecule has 0 N–H and O–H groups in total. The molecule has 16 heavy (non-hydrogen) atoms. The first kappa shape index (κ1) is 12.1. The van der Waals surface area contributed by atoms with E-state index in [2.05, 4.69) is 12.0 Å². The molecule has 0 saturated carbocycles. The Balaban J connectivity index is 2.72. The number of ether oxygens (including phenoxy) is 1. The fourth-order valence-electron chi connectivity index (χ4n) is 0.904. The summed E-state index contributed by atoms with van der Waals surface area (Å²) in [6.07, 6.45) is 2.57. The molecule has 1 aromatic carbocycles. The van der Waals surface area contributed by atoms with Crippen LogP contribution < -0.4 is 0 Å². The van der Waals surface area contributed by atoms with E-state index in [1.54, 1.807) is 12.1 Å². The van der Waals surface area contributed by atoms with Crippen molar-refractivity contribution in [1.29, 1.82) is 0 Å². The Morgan fingerprint density at radius 1 is 1.25 bits per heavy atom. The van der Waals surface area contributed by atoms with E-state index >= 15 is 0 Å². The predicted molar refractivity (Wildman–Crippen MR) is 60.8 cm³/mol. The molecule has 0 unspecified atom stereocenters. The van der Waals surface area contributed by atoms with Crippen LogP contribution >= 0.6 is 0 Å². The van der Waals surface area contributed by atoms with Gasteiger partial charge >= 0.3 is 0 Å². The average Bonchev–Trinajstić information content (AvgIpc) is 2.16. The highest BCUT2D eigenvalue weighted by Crippen LogP contribution is 2.11. The standard InChI is InChI=1S/C12H13NO3/c1-12(2,3)16-9-8-10-4-6-11(7-5-10)13(14)15/h4-7H,1-3H3. The van der Waals surface area contributed by atoms with Crippen LogP contribution in [-0.4, -0.2) is 10.5 Å². The molecule has 4 heteroatoms. The third kappa shape index (κ3) is 4.01. The largest absolute Gasteiger partial charge is 0.441 e. The number of non-ortho nitro benzene ring substituents is 1. The van der Waals surface area contributed by atoms with Crippen LogP contribution in [0.15, 0.2) is 24.3 Å². The van der Waals surface area contributed by atoms with Crippen molar-refractivity contribution in [1.82, 2.24) is 0 Å². The van der Waals surface area contributed by atoms with Gasteiger partial charge in [0.05, 0.1) is 4.92 Å². The van der Waals surface area contributed by atoms with Crippen LogP contribution in [0.1, 0.15) is 26.3 Å². The zero-order chi connectivity index (χ0) is 12.2. The fraction of sp³-hybridized carbons (Fsp3) is 0.333. The van der Waals surface area contributed by atoms with Crippen LogP contribution in [-0.2, 0) is 4.74 Å². The number of nitrogens with zero attached hydrogens (tertiary/aromatic N) is 1. The molecule has 0 aromatic heterocycles. The van der Waals surface area contributed by atoms with Gasteiger partial charge in [-0.3, -0.25) is 10.1 Å². The highest BCUT2D eigenvalue weighted by molar-refractivity contribution is 5.40. The minimum Gasteiger partial charge on any atom is -0.441 e. The van der Waals surface area contributed by atoms with Crippen molar-refractivity contribution in [3.05, 3.63) is 39.9 Å². The van der Waals surface area contributed by atoms with E-state index in [9.17, 15) is 10.1 Å². The Bertz CT molecular complexity index is 432. The molecule has 0 heterocycles. The van der Waals surface area contributed by atoms with Crippen LogP contribution in [0.3, 0.4) is 0 Å². The lowest BCUT2D eigenvalue weighted by Crippen LogP contribution is -2.15. The highest BCUT2D eigenvalue weighted by Gasteiger charge is 2.08. The molecule has 4 nitrogen and oxygen atoms in total. The summed E-state index contributed by atoms with van der Waals surface area (Å²) in [6, 6.07) is 6.02. The van der Waals surface area contributed by atoms with Gasteiger partial charge in [0.1, 0.15) is 11.7 Å². The lowest BCUT2D eigenvalue weighted by Gasteiger charge is -2.14. The Morgan fingerprint density at radius 2 is 1.81 bits per heavy atom. The topological polar surface area (TPSA) is 52.4 Å². The maximum atomic E-state index is 10.4. The summed E-state index contributed by atoms with van der Waals surface area (Å²) in [5.41, 5.74) is 0.436. The van der Waals surface area contributed by atoms with Gasteiger partial charge in [-0.2, -0.15) is 0 Å². The van der Waals surface area contributed by atoms with E-state index in [4.69, 9.17) is 4.74 Å². The van der Waals surface area contributed by atoms with E-state index in [0.717, 1.165) is 0 Å². The normalized spacial score (nSPS) is 10.2. The van der Waals surface area contributed by atoms with Gasteiger partial charge in [0.25, 0.3) is 5.69 Å². The van der Waals surface area contributed by atoms with Crippen LogP contribution in [0.25, 0.3) is 0 Å². The first-order chi connectivity index (χ1) is 7.38. The summed E-state index contributed by atoms with van der Waals surface area (Å²) in [5.74, 6) is 2.77. The quantitative estimate of drug-likeness (QED) is 0.414. The predicted octanol–water partition coefficient (Wildman–Crippen LogP) is 2.72. The lowest BCUT2D eigenvalue weighted by atomic mass is 10.2. The lowest BCUT2D eigenvalue weighted by molar-refractivity contribution is -0.384. The zero-order valence-electron chi connectivity index (χ0n) is 9.48. The number of benzene rings is 1. The Morgan fingerprint density at radius 3 is 2.25 bits per heavy atom. The van der Waals surface area contributed by atoms with Gasteiger partial charge < -0.3 is 4.74 Å². The third-order valence-electron chi connectivity index (χ3n) is 1.63. The van der Waals surface area contributed by atoms with Crippen molar-refractivity contribution in [2.75, 3.05) is 0 Å². The SMILES string of the molecule is CC(C)(C)OC#Cc1ccc([N+](=O)[O-])cc1. The van der Waals surface area contributed by atoms with Crippen molar-refractivity contribution in [3.8, 4) is 12.0 Å². The van der Waals surface area contributed by atoms with E-state index in [0.29, 0.717) is 5.56 Å². The van der Waals surface area contributed by atoms with E-state index < -0.39 is 4.92 Å². The number of nitro benzene ring substituents is 1. The van der Waals surface area contributed by atoms with Gasteiger partial charge in [-0.1, -0.05) is 0 Å². The average molecular weight is 219 g/mol. The molecule has 0 fully saturated rings. The molecule has 0 aliphatic heterocycles. The van der Waals surface area contributed by atoms with Crippen molar-refractivity contribution in [2.24, 2.45) is 0 Å². The number of hydrogen-bond donors (Lipinski definition) is 0. The van der Waals surface area contributed by atoms with Crippen molar-refractivity contribution < 1.29 is 9.66 Å². The smallest absolute Gasteiger partial charge is 0.269 e. The molecule has 0 amide bonds. The minimum absolute atomic E-state index is 0.0577. The molecular weight excluding hydrogens is 206 g/mol. The van der Waals surface area contributed by atoms with Crippen molar-refractivity contribution >= 4 is 5.69 Å². The second-order valence-corrected chi connectivity index (χ2v) is 4.25. The maximum absolute atomic E-state index is 10.4. The summed E-state index contributed by atoms with van der Waals surface area (Å²) >= 11 is 0. The molecule has 84 valence electrons. The monoisotopic (exact) mass is 219 g/mol. The minimum atomic E-state index is -0.442. The third-order valence-corrected chi connectivity index (χ3v) is 1.63. The molecule has 0 atom stereocenters. The van der Waals surface area contributed by atoms with Gasteiger partial charge in [-0.15, -0.1) is 0 Å². The first-order valence-corrected chi connectivity index (χ1v) is 4.82. The summed E-state index contributed by atoms with van der Waals surface area (Å²) in [4.78, 5) is 9.96. The van der Waals surface area contributed by atoms with Crippen LogP contribution in [0.2, 0.25) is 0 Å². The number of rotatable bonds is 1. The summed E-state index contributed by atoms with van der Waals surface area (Å²) in [7, 11) is 0. The Kier molecular flexibility index (Phi) is 3.51. The molecule has 1 rings (SSSR count). The van der Waals surface area contributed by atoms with Gasteiger partial charge in [0.15, 0.2) is 0 Å². The molecule has 0 saturated heterocycles. The van der Waals surface area contributed by atoms with E-state index in [1.165, 1.54) is 12.1 Å². The number of hydrogen-bond acceptors (Lipinski definition) is 3. The molecule has 0 radical (unpaired) electrons. The first-order valence-electron chi connectivity index (χ1n) is 4.82. The summed E-state index contributed by atoms with van der Waals surface area (Å²) in [6.45, 7) is 5.70. The molecule has 0 aliphatic rings. The van der Waals surface area contributed by atoms with E-state index in [-0.39, 0.29) is 11.3 Å². The molecule has 1 aromatic rings. The zero-order valence-corrected chi connectivity index (χ0v) is 9.48. The Hall–Kier alpha value is -2.02. The van der Waals surface area contributed by atoms with Gasteiger partial charge in [0, 0.05) is 17.7 Å². The second kappa shape index (κ2) is 4.67. The van der Waals surface area contributed by atoms with Crippen LogP contribution in [0, 0.1) is 22.1 Å². The van der Waals surface area contributed by atoms with Gasteiger partial charge in [0.2, 0.25) is 0 Å². The van der Waals surface area contributed by atoms with E-state index in [1.807, 2.05) is 20.8 Å². The molecule has 0 spiro atoms. The van der Waals surface area contributed by atoms with Gasteiger partial charge in [-0.05, 0) is 38.8 Å². The van der Waals surface area contributed by atoms with Crippen molar-refractivity contribution in [3.63, 3.8) is 0 Å². The number of nitro groups is 1. The van der Waals surface area contributed by atoms with Crippen molar-refractivity contribution in [2.45, 2.75) is 26.4 Å². The molecular formula is C12H13NO3. The highest BCUT2D eigenvalue weighted by atomic mass is 16.6. The fourth-order valence-corrected chi connectivity index (χ4v) is 0.904. The molecule has 0 aliphatic carbocycles. The summed E-state index contributed by atoms with van der Waals surface area (Å²) < 4.78 is 5.22. The van der Waals surface area contributed by atoms with Crippen LogP contribution in [0.4, 0.5) is 5.69 Å². The van der Waals surface area contributed by atoms with Gasteiger partial charge in [-0.25, -0.2) is 0 Å². The molecule has 0 bridgehead atoms. The Labute approximate surface area is 94.4 Å². The van der Waals surface area contributed by atoms with Crippen LogP contribution in [0.5, 0.6) is 0 Å². The maximum Gasteiger partial charge on any atom is 0.269 e.